The molecule has 4 nitrogen and oxygen atoms in total. The molecule has 0 saturated carbocycles. The standard InChI is InChI=1S/C23H38N2O2S2/c1-24(2)16-20-10-12-22(26-20)18-28-14-8-6-5-7-9-15-29-19-23-13-11-21(27-23)17-25(3)4/h10-13H,5-9,14-19H2,1-4H3. The SMILES string of the molecule is CN(C)Cc1ccc(CSCCCCCCCSCc2ccc(CN(C)C)o2)o1. The molecule has 0 saturated heterocycles. The zero-order chi connectivity index (χ0) is 20.9. The number of nitrogens with zero attached hydrogens (tertiary/aromatic N) is 2. The maximum Gasteiger partial charge on any atom is 0.118 e. The van der Waals surface area contributed by atoms with Crippen molar-refractivity contribution in [2.24, 2.45) is 0 Å². The van der Waals surface area contributed by atoms with Crippen molar-refractivity contribution in [3.63, 3.8) is 0 Å². The van der Waals surface area contributed by atoms with Crippen LogP contribution in [0, 0.1) is 0 Å². The lowest BCUT2D eigenvalue weighted by atomic mass is 10.2. The summed E-state index contributed by atoms with van der Waals surface area (Å²) < 4.78 is 11.7. The number of hydrogen-bond acceptors (Lipinski definition) is 6. The molecule has 2 heterocycles. The topological polar surface area (TPSA) is 32.8 Å². The molecule has 0 amide bonds. The minimum atomic E-state index is 0.877. The Labute approximate surface area is 185 Å². The predicted molar refractivity (Wildman–Crippen MR) is 128 cm³/mol. The Morgan fingerprint density at radius 3 is 1.38 bits per heavy atom. The van der Waals surface area contributed by atoms with Gasteiger partial charge >= 0.3 is 0 Å². The lowest BCUT2D eigenvalue weighted by molar-refractivity contribution is 0.344. The van der Waals surface area contributed by atoms with Gasteiger partial charge in [0, 0.05) is 0 Å². The molecule has 0 N–H and O–H groups in total. The molecule has 29 heavy (non-hydrogen) atoms. The average molecular weight is 439 g/mol. The fraction of sp³-hybridized carbons (Fsp3) is 0.652. The van der Waals surface area contributed by atoms with Crippen molar-refractivity contribution in [1.29, 1.82) is 0 Å². The monoisotopic (exact) mass is 438 g/mol. The Hall–Kier alpha value is -0.820. The molecule has 0 bridgehead atoms. The molecule has 0 aliphatic carbocycles. The van der Waals surface area contributed by atoms with E-state index in [1.807, 2.05) is 23.5 Å². The summed E-state index contributed by atoms with van der Waals surface area (Å²) in [4.78, 5) is 4.26. The lowest BCUT2D eigenvalue weighted by Gasteiger charge is -2.06. The van der Waals surface area contributed by atoms with Crippen LogP contribution in [0.3, 0.4) is 0 Å². The largest absolute Gasteiger partial charge is 0.464 e. The molecule has 2 aromatic rings. The summed E-state index contributed by atoms with van der Waals surface area (Å²) >= 11 is 3.98. The van der Waals surface area contributed by atoms with Gasteiger partial charge in [0.1, 0.15) is 23.0 Å². The summed E-state index contributed by atoms with van der Waals surface area (Å²) in [7, 11) is 8.26. The third-order valence-corrected chi connectivity index (χ3v) is 6.58. The van der Waals surface area contributed by atoms with Crippen LogP contribution in [-0.2, 0) is 24.6 Å². The van der Waals surface area contributed by atoms with Gasteiger partial charge in [0.05, 0.1) is 24.6 Å². The third-order valence-electron chi connectivity index (χ3n) is 4.44. The molecule has 0 spiro atoms. The van der Waals surface area contributed by atoms with Gasteiger partial charge in [-0.3, -0.25) is 0 Å². The first-order valence-corrected chi connectivity index (χ1v) is 12.9. The van der Waals surface area contributed by atoms with E-state index >= 15 is 0 Å². The maximum absolute atomic E-state index is 5.85. The van der Waals surface area contributed by atoms with Gasteiger partial charge in [-0.05, 0) is 76.8 Å². The highest BCUT2D eigenvalue weighted by molar-refractivity contribution is 7.98. The van der Waals surface area contributed by atoms with Crippen molar-refractivity contribution in [2.45, 2.75) is 56.7 Å². The first-order chi connectivity index (χ1) is 14.0. The van der Waals surface area contributed by atoms with Crippen LogP contribution < -0.4 is 0 Å². The molecule has 0 atom stereocenters. The Balaban J connectivity index is 1.39. The van der Waals surface area contributed by atoms with E-state index in [9.17, 15) is 0 Å². The van der Waals surface area contributed by atoms with E-state index in [1.165, 1.54) is 43.6 Å². The molecule has 0 aliphatic heterocycles. The smallest absolute Gasteiger partial charge is 0.118 e. The van der Waals surface area contributed by atoms with Gasteiger partial charge in [-0.25, -0.2) is 0 Å². The van der Waals surface area contributed by atoms with E-state index in [2.05, 4.69) is 62.3 Å². The zero-order valence-electron chi connectivity index (χ0n) is 18.6. The molecule has 0 radical (unpaired) electrons. The molecule has 0 aliphatic rings. The highest BCUT2D eigenvalue weighted by atomic mass is 32.2. The van der Waals surface area contributed by atoms with E-state index in [4.69, 9.17) is 8.83 Å². The van der Waals surface area contributed by atoms with E-state index in [1.54, 1.807) is 0 Å². The van der Waals surface area contributed by atoms with Crippen molar-refractivity contribution in [3.8, 4) is 0 Å². The highest BCUT2D eigenvalue weighted by Crippen LogP contribution is 2.20. The molecule has 0 fully saturated rings. The minimum Gasteiger partial charge on any atom is -0.464 e. The van der Waals surface area contributed by atoms with Gasteiger partial charge in [0.25, 0.3) is 0 Å². The number of unbranched alkanes of at least 4 members (excludes halogenated alkanes) is 4. The highest BCUT2D eigenvalue weighted by Gasteiger charge is 2.04. The second-order valence-corrected chi connectivity index (χ2v) is 10.3. The molecular formula is C23H38N2O2S2. The van der Waals surface area contributed by atoms with Gasteiger partial charge in [-0.15, -0.1) is 0 Å². The summed E-state index contributed by atoms with van der Waals surface area (Å²) in [5.74, 6) is 8.77. The molecule has 0 unspecified atom stereocenters. The molecule has 6 heteroatoms. The Morgan fingerprint density at radius 1 is 0.586 bits per heavy atom. The van der Waals surface area contributed by atoms with Gasteiger partial charge in [0.2, 0.25) is 0 Å². The van der Waals surface area contributed by atoms with E-state index in [-0.39, 0.29) is 0 Å². The van der Waals surface area contributed by atoms with Crippen LogP contribution in [-0.4, -0.2) is 49.5 Å². The Morgan fingerprint density at radius 2 is 0.966 bits per heavy atom. The average Bonchev–Trinajstić information content (AvgIpc) is 3.28. The number of furan rings is 2. The van der Waals surface area contributed by atoms with Crippen LogP contribution in [0.1, 0.15) is 55.1 Å². The fourth-order valence-corrected chi connectivity index (χ4v) is 4.90. The zero-order valence-corrected chi connectivity index (χ0v) is 20.2. The van der Waals surface area contributed by atoms with Crippen LogP contribution in [0.15, 0.2) is 33.1 Å². The van der Waals surface area contributed by atoms with Gasteiger partial charge in [-0.2, -0.15) is 23.5 Å². The lowest BCUT2D eigenvalue weighted by Crippen LogP contribution is -2.09. The van der Waals surface area contributed by atoms with E-state index in [0.29, 0.717) is 0 Å². The normalized spacial score (nSPS) is 11.8. The van der Waals surface area contributed by atoms with Crippen LogP contribution in [0.4, 0.5) is 0 Å². The molecule has 164 valence electrons. The van der Waals surface area contributed by atoms with E-state index in [0.717, 1.165) is 47.6 Å². The summed E-state index contributed by atoms with van der Waals surface area (Å²) in [6, 6.07) is 8.44. The van der Waals surface area contributed by atoms with Crippen molar-refractivity contribution < 1.29 is 8.83 Å². The predicted octanol–water partition coefficient (Wildman–Crippen LogP) is 6.11. The Kier molecular flexibility index (Phi) is 12.0. The van der Waals surface area contributed by atoms with Crippen molar-refractivity contribution in [3.05, 3.63) is 47.3 Å². The van der Waals surface area contributed by atoms with Gasteiger partial charge in [0.15, 0.2) is 0 Å². The fourth-order valence-electron chi connectivity index (χ4n) is 3.08. The van der Waals surface area contributed by atoms with Crippen LogP contribution in [0.25, 0.3) is 0 Å². The minimum absolute atomic E-state index is 0.877. The van der Waals surface area contributed by atoms with Gasteiger partial charge < -0.3 is 18.6 Å². The summed E-state index contributed by atoms with van der Waals surface area (Å²) in [6.07, 6.45) is 6.65. The third kappa shape index (κ3) is 11.2. The molecule has 2 rings (SSSR count). The van der Waals surface area contributed by atoms with Crippen LogP contribution in [0.2, 0.25) is 0 Å². The van der Waals surface area contributed by atoms with Crippen molar-refractivity contribution in [2.75, 3.05) is 39.7 Å². The number of thioether (sulfide) groups is 2. The quantitative estimate of drug-likeness (QED) is 0.294. The maximum atomic E-state index is 5.85. The Bertz CT molecular complexity index is 611. The van der Waals surface area contributed by atoms with Gasteiger partial charge in [-0.1, -0.05) is 19.3 Å². The van der Waals surface area contributed by atoms with Crippen molar-refractivity contribution >= 4 is 23.5 Å². The second kappa shape index (κ2) is 14.2. The summed E-state index contributed by atoms with van der Waals surface area (Å²) in [6.45, 7) is 1.75. The number of rotatable bonds is 16. The second-order valence-electron chi connectivity index (χ2n) is 8.08. The first-order valence-electron chi connectivity index (χ1n) is 10.6. The van der Waals surface area contributed by atoms with Crippen molar-refractivity contribution in [1.82, 2.24) is 9.80 Å². The first kappa shape index (κ1) is 24.4. The number of hydrogen-bond donors (Lipinski definition) is 0. The summed E-state index contributed by atoms with van der Waals surface area (Å²) in [5, 5.41) is 0. The van der Waals surface area contributed by atoms with E-state index < -0.39 is 0 Å². The summed E-state index contributed by atoms with van der Waals surface area (Å²) in [5.41, 5.74) is 0. The molecular weight excluding hydrogens is 400 g/mol. The molecule has 2 aromatic heterocycles. The van der Waals surface area contributed by atoms with Crippen LogP contribution >= 0.6 is 23.5 Å². The molecule has 0 aromatic carbocycles. The van der Waals surface area contributed by atoms with Crippen LogP contribution in [0.5, 0.6) is 0 Å².